The maximum Gasteiger partial charge on any atom is 0.257 e. The molecule has 0 aromatic carbocycles. The molecule has 11 heteroatoms. The lowest BCUT2D eigenvalue weighted by atomic mass is 9.71. The smallest absolute Gasteiger partial charge is 0.257 e. The summed E-state index contributed by atoms with van der Waals surface area (Å²) in [6.45, 7) is 9.30. The Balaban J connectivity index is 3.61. The molecule has 1 rings (SSSR count). The SMILES string of the molecule is CNC(=O)C(C=O)(Nc1n[nH]c(=S)s1)C(N)(O[SiH](C)C)C(C)(C)C. The Kier molecular flexibility index (Phi) is 6.44. The molecule has 136 valence electrons. The van der Waals surface area contributed by atoms with E-state index in [1.54, 1.807) is 0 Å². The lowest BCUT2D eigenvalue weighted by molar-refractivity contribution is -0.148. The molecule has 0 aliphatic carbocycles. The van der Waals surface area contributed by atoms with Crippen LogP contribution in [0.15, 0.2) is 0 Å². The number of nitrogens with one attached hydrogen (secondary N) is 3. The van der Waals surface area contributed by atoms with E-state index in [1.807, 2.05) is 33.9 Å². The van der Waals surface area contributed by atoms with Crippen molar-refractivity contribution in [3.8, 4) is 0 Å². The summed E-state index contributed by atoms with van der Waals surface area (Å²) >= 11 is 6.11. The number of hydrogen-bond acceptors (Lipinski definition) is 8. The van der Waals surface area contributed by atoms with E-state index >= 15 is 0 Å². The van der Waals surface area contributed by atoms with Crippen LogP contribution in [0.1, 0.15) is 20.8 Å². The van der Waals surface area contributed by atoms with E-state index in [1.165, 1.54) is 7.05 Å². The summed E-state index contributed by atoms with van der Waals surface area (Å²) < 4.78 is 6.47. The number of aromatic nitrogens is 2. The van der Waals surface area contributed by atoms with Gasteiger partial charge in [0, 0.05) is 12.5 Å². The molecule has 1 amide bonds. The summed E-state index contributed by atoms with van der Waals surface area (Å²) in [7, 11) is -0.278. The minimum absolute atomic E-state index is 0.281. The molecule has 2 unspecified atom stereocenters. The van der Waals surface area contributed by atoms with Gasteiger partial charge >= 0.3 is 0 Å². The molecule has 2 atom stereocenters. The Labute approximate surface area is 152 Å². The van der Waals surface area contributed by atoms with Gasteiger partial charge in [-0.3, -0.25) is 14.7 Å². The van der Waals surface area contributed by atoms with Gasteiger partial charge in [-0.25, -0.2) is 0 Å². The first kappa shape index (κ1) is 20.9. The van der Waals surface area contributed by atoms with Crippen molar-refractivity contribution in [2.45, 2.75) is 45.1 Å². The first-order chi connectivity index (χ1) is 10.9. The molecular formula is C13H25N5O3S2Si. The van der Waals surface area contributed by atoms with Crippen molar-refractivity contribution in [3.05, 3.63) is 3.95 Å². The number of carbonyl (C=O) groups excluding carboxylic acids is 2. The minimum Gasteiger partial charge on any atom is -0.400 e. The van der Waals surface area contributed by atoms with Crippen LogP contribution >= 0.6 is 23.6 Å². The summed E-state index contributed by atoms with van der Waals surface area (Å²) in [5.41, 5.74) is 2.39. The molecule has 0 saturated heterocycles. The predicted octanol–water partition coefficient (Wildman–Crippen LogP) is 0.997. The minimum atomic E-state index is -1.87. The lowest BCUT2D eigenvalue weighted by Crippen LogP contribution is -2.78. The fourth-order valence-corrected chi connectivity index (χ4v) is 4.51. The number of aromatic amines is 1. The second kappa shape index (κ2) is 7.40. The van der Waals surface area contributed by atoms with E-state index < -0.39 is 31.6 Å². The summed E-state index contributed by atoms with van der Waals surface area (Å²) in [6, 6.07) is 0. The number of hydrogen-bond donors (Lipinski definition) is 4. The largest absolute Gasteiger partial charge is 0.400 e. The van der Waals surface area contributed by atoms with E-state index in [9.17, 15) is 9.59 Å². The van der Waals surface area contributed by atoms with E-state index in [4.69, 9.17) is 22.4 Å². The van der Waals surface area contributed by atoms with Crippen molar-refractivity contribution < 1.29 is 14.0 Å². The van der Waals surface area contributed by atoms with E-state index in [-0.39, 0.29) is 5.13 Å². The third kappa shape index (κ3) is 3.75. The van der Waals surface area contributed by atoms with Crippen LogP contribution in [0, 0.1) is 9.37 Å². The summed E-state index contributed by atoms with van der Waals surface area (Å²) in [6.07, 6.45) is 0.484. The average molecular weight is 392 g/mol. The van der Waals surface area contributed by atoms with Gasteiger partial charge in [0.15, 0.2) is 25.0 Å². The van der Waals surface area contributed by atoms with Crippen LogP contribution in [-0.4, -0.2) is 49.7 Å². The van der Waals surface area contributed by atoms with Crippen LogP contribution < -0.4 is 16.4 Å². The Morgan fingerprint density at radius 2 is 2.04 bits per heavy atom. The van der Waals surface area contributed by atoms with Gasteiger partial charge in [0.05, 0.1) is 0 Å². The summed E-state index contributed by atoms with van der Waals surface area (Å²) in [5, 5.41) is 12.2. The van der Waals surface area contributed by atoms with Gasteiger partial charge in [-0.15, -0.1) is 5.10 Å². The van der Waals surface area contributed by atoms with Crippen molar-refractivity contribution in [1.82, 2.24) is 15.5 Å². The van der Waals surface area contributed by atoms with Gasteiger partial charge < -0.3 is 20.8 Å². The predicted molar refractivity (Wildman–Crippen MR) is 100 cm³/mol. The number of carbonyl (C=O) groups is 2. The second-order valence-electron chi connectivity index (χ2n) is 6.70. The Hall–Kier alpha value is -1.14. The zero-order valence-electron chi connectivity index (χ0n) is 14.7. The Bertz CT molecular complexity index is 657. The van der Waals surface area contributed by atoms with Crippen LogP contribution in [0.3, 0.4) is 0 Å². The number of amides is 1. The molecule has 8 nitrogen and oxygen atoms in total. The standard InChI is InChI=1S/C13H25N5O3S2Si/c1-11(2,3)13(14,21-24(5)6)12(7-19,8(20)15-4)16-9-17-18-10(22)23-9/h7,24H,14H2,1-6H3,(H,15,20)(H,16,17)(H,18,22). The highest BCUT2D eigenvalue weighted by molar-refractivity contribution is 7.73. The number of nitrogens with two attached hydrogens (primary N) is 1. The quantitative estimate of drug-likeness (QED) is 0.180. The number of H-pyrrole nitrogens is 1. The van der Waals surface area contributed by atoms with Crippen LogP contribution in [0.25, 0.3) is 0 Å². The Morgan fingerprint density at radius 1 is 1.46 bits per heavy atom. The van der Waals surface area contributed by atoms with Crippen molar-refractivity contribution in [2.24, 2.45) is 11.1 Å². The molecule has 24 heavy (non-hydrogen) atoms. The highest BCUT2D eigenvalue weighted by atomic mass is 32.1. The molecule has 0 bridgehead atoms. The van der Waals surface area contributed by atoms with Gasteiger partial charge in [0.2, 0.25) is 10.7 Å². The highest BCUT2D eigenvalue weighted by Crippen LogP contribution is 2.40. The van der Waals surface area contributed by atoms with Crippen molar-refractivity contribution >= 4 is 49.9 Å². The van der Waals surface area contributed by atoms with E-state index in [0.29, 0.717) is 10.2 Å². The highest BCUT2D eigenvalue weighted by Gasteiger charge is 2.62. The van der Waals surface area contributed by atoms with Crippen molar-refractivity contribution in [1.29, 1.82) is 0 Å². The topological polar surface area (TPSA) is 122 Å². The molecule has 1 heterocycles. The molecule has 0 aliphatic heterocycles. The van der Waals surface area contributed by atoms with Crippen LogP contribution in [0.5, 0.6) is 0 Å². The van der Waals surface area contributed by atoms with Crippen molar-refractivity contribution in [3.63, 3.8) is 0 Å². The molecule has 1 aromatic heterocycles. The number of nitrogens with zero attached hydrogens (tertiary/aromatic N) is 1. The summed E-state index contributed by atoms with van der Waals surface area (Å²) in [5.74, 6) is -0.606. The lowest BCUT2D eigenvalue weighted by Gasteiger charge is -2.51. The molecule has 0 radical (unpaired) electrons. The normalized spacial score (nSPS) is 17.0. The Morgan fingerprint density at radius 3 is 2.38 bits per heavy atom. The molecule has 0 saturated carbocycles. The molecule has 5 N–H and O–H groups in total. The van der Waals surface area contributed by atoms with Crippen LogP contribution in [0.2, 0.25) is 13.1 Å². The van der Waals surface area contributed by atoms with E-state index in [0.717, 1.165) is 11.3 Å². The maximum absolute atomic E-state index is 12.7. The summed E-state index contributed by atoms with van der Waals surface area (Å²) in [4.78, 5) is 24.9. The maximum atomic E-state index is 12.7. The number of anilines is 1. The van der Waals surface area contributed by atoms with Crippen LogP contribution in [0.4, 0.5) is 5.13 Å². The molecule has 1 aromatic rings. The molecular weight excluding hydrogens is 366 g/mol. The fraction of sp³-hybridized carbons (Fsp3) is 0.692. The molecule has 0 aliphatic rings. The van der Waals surface area contributed by atoms with E-state index in [2.05, 4.69) is 20.8 Å². The second-order valence-corrected chi connectivity index (χ2v) is 10.7. The first-order valence-electron chi connectivity index (χ1n) is 7.42. The number of likely N-dealkylation sites (N-methyl/N-ethyl adjacent to an activating group) is 1. The van der Waals surface area contributed by atoms with Gasteiger partial charge in [-0.2, -0.15) is 0 Å². The van der Waals surface area contributed by atoms with Crippen LogP contribution in [-0.2, 0) is 14.0 Å². The molecule has 0 fully saturated rings. The monoisotopic (exact) mass is 391 g/mol. The first-order valence-corrected chi connectivity index (χ1v) is 11.4. The molecule has 0 spiro atoms. The van der Waals surface area contributed by atoms with Crippen molar-refractivity contribution in [2.75, 3.05) is 12.4 Å². The van der Waals surface area contributed by atoms with Gasteiger partial charge in [-0.05, 0) is 25.3 Å². The zero-order chi connectivity index (χ0) is 18.8. The third-order valence-electron chi connectivity index (χ3n) is 3.63. The zero-order valence-corrected chi connectivity index (χ0v) is 17.5. The van der Waals surface area contributed by atoms with Gasteiger partial charge in [0.25, 0.3) is 5.91 Å². The number of aldehydes is 1. The fourth-order valence-electron chi connectivity index (χ4n) is 2.37. The van der Waals surface area contributed by atoms with Gasteiger partial charge in [-0.1, -0.05) is 32.1 Å². The number of rotatable bonds is 7. The third-order valence-corrected chi connectivity index (χ3v) is 5.47. The van der Waals surface area contributed by atoms with Gasteiger partial charge in [0.1, 0.15) is 0 Å². The average Bonchev–Trinajstić information content (AvgIpc) is 2.87.